The van der Waals surface area contributed by atoms with Crippen LogP contribution >= 0.6 is 0 Å². The molecule has 0 bridgehead atoms. The quantitative estimate of drug-likeness (QED) is 0.456. The molecule has 3 rings (SSSR count). The van der Waals surface area contributed by atoms with Crippen LogP contribution in [0.25, 0.3) is 0 Å². The number of carboxylic acids is 1. The van der Waals surface area contributed by atoms with Gasteiger partial charge in [-0.1, -0.05) is 36.4 Å². The van der Waals surface area contributed by atoms with Crippen LogP contribution in [0, 0.1) is 5.82 Å². The standard InChI is InChI=1S/C26H32BFN2O6/c1-16(31)29-21(14-18-8-12-20(28)13-9-18)23(32)30-22(24(33)34)15-17-6-10-19(11-7-17)27-35-25(2,3)26(4,5)36-27/h6-13,21-22H,14-15H2,1-5H3,(H,29,31)(H,30,32)(H,33,34)/t21-,22-/m1/s1. The third-order valence-corrected chi connectivity index (χ3v) is 6.61. The first kappa shape index (κ1) is 27.4. The minimum absolute atomic E-state index is 0.0358. The van der Waals surface area contributed by atoms with E-state index in [4.69, 9.17) is 9.31 Å². The summed E-state index contributed by atoms with van der Waals surface area (Å²) in [5.74, 6) is -2.71. The first-order valence-electron chi connectivity index (χ1n) is 11.8. The molecule has 10 heteroatoms. The van der Waals surface area contributed by atoms with Crippen molar-refractivity contribution in [3.05, 3.63) is 65.5 Å². The van der Waals surface area contributed by atoms with Gasteiger partial charge >= 0.3 is 13.1 Å². The Kier molecular flexibility index (Phi) is 8.21. The number of hydrogen-bond donors (Lipinski definition) is 3. The average molecular weight is 498 g/mol. The number of nitrogens with one attached hydrogen (secondary N) is 2. The molecule has 1 heterocycles. The van der Waals surface area contributed by atoms with Crippen molar-refractivity contribution < 1.29 is 33.2 Å². The Morgan fingerprint density at radius 2 is 1.33 bits per heavy atom. The van der Waals surface area contributed by atoms with Crippen LogP contribution in [0.1, 0.15) is 45.7 Å². The third kappa shape index (κ3) is 6.70. The highest BCUT2D eigenvalue weighted by Crippen LogP contribution is 2.36. The molecule has 0 saturated carbocycles. The van der Waals surface area contributed by atoms with Gasteiger partial charge in [-0.3, -0.25) is 9.59 Å². The topological polar surface area (TPSA) is 114 Å². The van der Waals surface area contributed by atoms with Crippen molar-refractivity contribution in [2.24, 2.45) is 0 Å². The summed E-state index contributed by atoms with van der Waals surface area (Å²) in [6.07, 6.45) is 0.120. The van der Waals surface area contributed by atoms with Crippen molar-refractivity contribution in [1.29, 1.82) is 0 Å². The van der Waals surface area contributed by atoms with Gasteiger partial charge in [-0.05, 0) is 56.4 Å². The summed E-state index contributed by atoms with van der Waals surface area (Å²) in [5.41, 5.74) is 1.16. The molecule has 0 aliphatic carbocycles. The SMILES string of the molecule is CC(=O)N[C@H](Cc1ccc(F)cc1)C(=O)N[C@H](Cc1ccc(B2OC(C)(C)C(C)(C)O2)cc1)C(=O)O. The molecule has 0 spiro atoms. The number of aliphatic carboxylic acids is 1. The van der Waals surface area contributed by atoms with E-state index in [0.29, 0.717) is 11.1 Å². The van der Waals surface area contributed by atoms with Crippen LogP contribution in [0.3, 0.4) is 0 Å². The normalized spacial score (nSPS) is 17.8. The second-order valence-electron chi connectivity index (χ2n) is 10.0. The summed E-state index contributed by atoms with van der Waals surface area (Å²) in [5, 5.41) is 14.8. The second kappa shape index (κ2) is 10.8. The van der Waals surface area contributed by atoms with Crippen LogP contribution in [0.2, 0.25) is 0 Å². The summed E-state index contributed by atoms with van der Waals surface area (Å²) in [6, 6.07) is 10.5. The summed E-state index contributed by atoms with van der Waals surface area (Å²) >= 11 is 0. The number of halogens is 1. The van der Waals surface area contributed by atoms with Gasteiger partial charge in [0.25, 0.3) is 0 Å². The maximum Gasteiger partial charge on any atom is 0.494 e. The largest absolute Gasteiger partial charge is 0.494 e. The van der Waals surface area contributed by atoms with Crippen molar-refractivity contribution in [2.75, 3.05) is 0 Å². The number of carbonyl (C=O) groups excluding carboxylic acids is 2. The van der Waals surface area contributed by atoms with E-state index in [-0.39, 0.29) is 12.8 Å². The minimum Gasteiger partial charge on any atom is -0.480 e. The number of benzene rings is 2. The van der Waals surface area contributed by atoms with E-state index in [1.807, 2.05) is 39.8 Å². The lowest BCUT2D eigenvalue weighted by Crippen LogP contribution is -2.52. The van der Waals surface area contributed by atoms with Crippen LogP contribution in [0.5, 0.6) is 0 Å². The van der Waals surface area contributed by atoms with Crippen molar-refractivity contribution in [3.8, 4) is 0 Å². The summed E-state index contributed by atoms with van der Waals surface area (Å²) in [4.78, 5) is 36.5. The highest BCUT2D eigenvalue weighted by molar-refractivity contribution is 6.62. The van der Waals surface area contributed by atoms with Gasteiger partial charge in [-0.15, -0.1) is 0 Å². The Morgan fingerprint density at radius 1 is 0.861 bits per heavy atom. The predicted molar refractivity (Wildman–Crippen MR) is 133 cm³/mol. The molecule has 36 heavy (non-hydrogen) atoms. The van der Waals surface area contributed by atoms with Gasteiger partial charge in [0, 0.05) is 19.8 Å². The maximum absolute atomic E-state index is 13.2. The lowest BCUT2D eigenvalue weighted by atomic mass is 9.78. The van der Waals surface area contributed by atoms with Gasteiger partial charge in [-0.2, -0.15) is 0 Å². The van der Waals surface area contributed by atoms with E-state index in [1.165, 1.54) is 31.2 Å². The van der Waals surface area contributed by atoms with Crippen LogP contribution in [-0.2, 0) is 36.5 Å². The first-order valence-corrected chi connectivity index (χ1v) is 11.8. The Labute approximate surface area is 210 Å². The number of rotatable bonds is 9. The molecule has 1 aliphatic rings. The van der Waals surface area contributed by atoms with Crippen LogP contribution in [0.15, 0.2) is 48.5 Å². The molecule has 2 amide bonds. The van der Waals surface area contributed by atoms with Crippen molar-refractivity contribution in [3.63, 3.8) is 0 Å². The Balaban J connectivity index is 1.68. The molecular formula is C26H32BFN2O6. The van der Waals surface area contributed by atoms with Crippen LogP contribution < -0.4 is 16.1 Å². The van der Waals surface area contributed by atoms with Gasteiger partial charge in [0.2, 0.25) is 11.8 Å². The minimum atomic E-state index is -1.22. The molecule has 3 N–H and O–H groups in total. The maximum atomic E-state index is 13.2. The van der Waals surface area contributed by atoms with Gasteiger partial charge in [-0.25, -0.2) is 9.18 Å². The molecular weight excluding hydrogens is 466 g/mol. The first-order chi connectivity index (χ1) is 16.8. The van der Waals surface area contributed by atoms with E-state index in [2.05, 4.69) is 10.6 Å². The number of hydrogen-bond acceptors (Lipinski definition) is 5. The van der Waals surface area contributed by atoms with Crippen molar-refractivity contribution >= 4 is 30.4 Å². The molecule has 2 aromatic rings. The average Bonchev–Trinajstić information content (AvgIpc) is 3.01. The predicted octanol–water partition coefficient (Wildman–Crippen LogP) is 1.98. The van der Waals surface area contributed by atoms with Crippen molar-refractivity contribution in [2.45, 2.75) is 70.7 Å². The van der Waals surface area contributed by atoms with E-state index in [0.717, 1.165) is 5.46 Å². The Bertz CT molecular complexity index is 1090. The van der Waals surface area contributed by atoms with E-state index >= 15 is 0 Å². The fourth-order valence-corrected chi connectivity index (χ4v) is 3.81. The van der Waals surface area contributed by atoms with E-state index < -0.39 is 54.0 Å². The molecule has 2 atom stereocenters. The summed E-state index contributed by atoms with van der Waals surface area (Å²) in [6.45, 7) is 9.12. The lowest BCUT2D eigenvalue weighted by Gasteiger charge is -2.32. The molecule has 0 unspecified atom stereocenters. The fraction of sp³-hybridized carbons (Fsp3) is 0.423. The van der Waals surface area contributed by atoms with Gasteiger partial charge in [0.1, 0.15) is 17.9 Å². The van der Waals surface area contributed by atoms with Gasteiger partial charge in [0.05, 0.1) is 11.2 Å². The van der Waals surface area contributed by atoms with Crippen LogP contribution in [-0.4, -0.2) is 53.3 Å². The zero-order valence-electron chi connectivity index (χ0n) is 21.1. The van der Waals surface area contributed by atoms with Gasteiger partial charge in [0.15, 0.2) is 0 Å². The zero-order chi connectivity index (χ0) is 26.7. The molecule has 2 aromatic carbocycles. The molecule has 1 aliphatic heterocycles. The molecule has 192 valence electrons. The summed E-state index contributed by atoms with van der Waals surface area (Å²) < 4.78 is 25.3. The Morgan fingerprint density at radius 3 is 1.81 bits per heavy atom. The number of amides is 2. The highest BCUT2D eigenvalue weighted by atomic mass is 19.1. The number of carbonyl (C=O) groups is 3. The zero-order valence-corrected chi connectivity index (χ0v) is 21.1. The monoisotopic (exact) mass is 498 g/mol. The lowest BCUT2D eigenvalue weighted by molar-refractivity contribution is -0.142. The smallest absolute Gasteiger partial charge is 0.480 e. The second-order valence-corrected chi connectivity index (χ2v) is 10.0. The summed E-state index contributed by atoms with van der Waals surface area (Å²) in [7, 11) is -0.538. The fourth-order valence-electron chi connectivity index (χ4n) is 3.81. The van der Waals surface area contributed by atoms with E-state index in [9.17, 15) is 23.9 Å². The van der Waals surface area contributed by atoms with Crippen LogP contribution in [0.4, 0.5) is 4.39 Å². The molecule has 0 radical (unpaired) electrons. The molecule has 1 fully saturated rings. The highest BCUT2D eigenvalue weighted by Gasteiger charge is 2.51. The molecule has 0 aromatic heterocycles. The third-order valence-electron chi connectivity index (χ3n) is 6.61. The van der Waals surface area contributed by atoms with E-state index in [1.54, 1.807) is 12.1 Å². The number of carboxylic acid groups (broad SMARTS) is 1. The molecule has 1 saturated heterocycles. The van der Waals surface area contributed by atoms with Gasteiger partial charge < -0.3 is 25.0 Å². The van der Waals surface area contributed by atoms with Crippen molar-refractivity contribution in [1.82, 2.24) is 10.6 Å². The Hall–Kier alpha value is -3.24. The molecule has 8 nitrogen and oxygen atoms in total.